The van der Waals surface area contributed by atoms with Gasteiger partial charge >= 0.3 is 0 Å². The summed E-state index contributed by atoms with van der Waals surface area (Å²) in [6.07, 6.45) is 6.17. The van der Waals surface area contributed by atoms with Crippen molar-refractivity contribution in [2.45, 2.75) is 63.0 Å². The minimum Gasteiger partial charge on any atom is -0.393 e. The lowest BCUT2D eigenvalue weighted by molar-refractivity contribution is -0.133. The van der Waals surface area contributed by atoms with E-state index < -0.39 is 0 Å². The van der Waals surface area contributed by atoms with Gasteiger partial charge in [0, 0.05) is 13.0 Å². The smallest absolute Gasteiger partial charge is 0.111 e. The van der Waals surface area contributed by atoms with Crippen molar-refractivity contribution in [3.8, 4) is 0 Å². The van der Waals surface area contributed by atoms with E-state index in [1.807, 2.05) is 6.07 Å². The summed E-state index contributed by atoms with van der Waals surface area (Å²) in [4.78, 5) is 2.30. The van der Waals surface area contributed by atoms with Gasteiger partial charge in [-0.25, -0.2) is 0 Å². The summed E-state index contributed by atoms with van der Waals surface area (Å²) in [5, 5.41) is 9.90. The van der Waals surface area contributed by atoms with Crippen LogP contribution in [0.4, 0.5) is 0 Å². The Labute approximate surface area is 121 Å². The molecule has 1 aromatic carbocycles. The van der Waals surface area contributed by atoms with Crippen LogP contribution < -0.4 is 0 Å². The monoisotopic (exact) mass is 275 g/mol. The Bertz CT molecular complexity index is 436. The second-order valence-electron chi connectivity index (χ2n) is 6.45. The zero-order chi connectivity index (χ0) is 14.0. The second-order valence-corrected chi connectivity index (χ2v) is 6.45. The second kappa shape index (κ2) is 5.84. The van der Waals surface area contributed by atoms with Gasteiger partial charge in [-0.3, -0.25) is 4.90 Å². The normalized spacial score (nSPS) is 34.0. The van der Waals surface area contributed by atoms with Crippen molar-refractivity contribution in [2.75, 3.05) is 7.05 Å². The molecule has 3 atom stereocenters. The molecule has 3 heteroatoms. The summed E-state index contributed by atoms with van der Waals surface area (Å²) in [6, 6.07) is 10.5. The average Bonchev–Trinajstić information content (AvgIpc) is 2.83. The molecule has 110 valence electrons. The number of ether oxygens (including phenoxy) is 1. The number of rotatable bonds is 3. The third-order valence-electron chi connectivity index (χ3n) is 4.78. The van der Waals surface area contributed by atoms with Gasteiger partial charge < -0.3 is 9.84 Å². The number of aliphatic hydroxyl groups is 1. The SMILES string of the molecule is CN(Cc1ccccc1)C1CCC2(CCCC(O)C2)O1. The third-order valence-corrected chi connectivity index (χ3v) is 4.78. The van der Waals surface area contributed by atoms with Crippen LogP contribution in [0.1, 0.15) is 44.1 Å². The quantitative estimate of drug-likeness (QED) is 0.920. The molecular weight excluding hydrogens is 250 g/mol. The van der Waals surface area contributed by atoms with E-state index in [-0.39, 0.29) is 17.9 Å². The van der Waals surface area contributed by atoms with Crippen molar-refractivity contribution in [3.63, 3.8) is 0 Å². The van der Waals surface area contributed by atoms with Crippen LogP contribution in [0.5, 0.6) is 0 Å². The molecule has 1 saturated carbocycles. The molecule has 0 bridgehead atoms. The molecule has 1 heterocycles. The Morgan fingerprint density at radius 2 is 2.05 bits per heavy atom. The van der Waals surface area contributed by atoms with Gasteiger partial charge in [-0.05, 0) is 44.7 Å². The van der Waals surface area contributed by atoms with E-state index in [1.54, 1.807) is 0 Å². The average molecular weight is 275 g/mol. The van der Waals surface area contributed by atoms with E-state index >= 15 is 0 Å². The Kier molecular flexibility index (Phi) is 4.11. The minimum atomic E-state index is -0.165. The molecule has 1 saturated heterocycles. The zero-order valence-corrected chi connectivity index (χ0v) is 12.3. The fourth-order valence-electron chi connectivity index (χ4n) is 3.70. The zero-order valence-electron chi connectivity index (χ0n) is 12.3. The third kappa shape index (κ3) is 3.05. The van der Waals surface area contributed by atoms with E-state index in [2.05, 4.69) is 36.2 Å². The van der Waals surface area contributed by atoms with Gasteiger partial charge in [0.25, 0.3) is 0 Å². The molecule has 3 unspecified atom stereocenters. The lowest BCUT2D eigenvalue weighted by Crippen LogP contribution is -2.40. The molecule has 1 N–H and O–H groups in total. The lowest BCUT2D eigenvalue weighted by Gasteiger charge is -2.37. The van der Waals surface area contributed by atoms with Crippen LogP contribution in [0.3, 0.4) is 0 Å². The van der Waals surface area contributed by atoms with Crippen LogP contribution in [0.2, 0.25) is 0 Å². The number of benzene rings is 1. The first-order valence-corrected chi connectivity index (χ1v) is 7.77. The highest BCUT2D eigenvalue weighted by molar-refractivity contribution is 5.14. The molecule has 1 spiro atoms. The van der Waals surface area contributed by atoms with Gasteiger partial charge in [0.05, 0.1) is 11.7 Å². The molecule has 20 heavy (non-hydrogen) atoms. The van der Waals surface area contributed by atoms with Crippen molar-refractivity contribution in [1.29, 1.82) is 0 Å². The van der Waals surface area contributed by atoms with Crippen molar-refractivity contribution in [2.24, 2.45) is 0 Å². The maximum atomic E-state index is 9.90. The van der Waals surface area contributed by atoms with Gasteiger partial charge in [-0.2, -0.15) is 0 Å². The molecule has 3 nitrogen and oxygen atoms in total. The van der Waals surface area contributed by atoms with E-state index in [0.717, 1.165) is 45.1 Å². The van der Waals surface area contributed by atoms with Crippen LogP contribution in [-0.4, -0.2) is 35.0 Å². The minimum absolute atomic E-state index is 0.0483. The molecule has 0 amide bonds. The predicted octanol–water partition coefficient (Wildman–Crippen LogP) is 2.93. The van der Waals surface area contributed by atoms with Gasteiger partial charge in [0.1, 0.15) is 6.23 Å². The maximum Gasteiger partial charge on any atom is 0.111 e. The first-order chi connectivity index (χ1) is 9.67. The van der Waals surface area contributed by atoms with Crippen LogP contribution in [-0.2, 0) is 11.3 Å². The molecule has 0 aromatic heterocycles. The Morgan fingerprint density at radius 3 is 2.80 bits per heavy atom. The summed E-state index contributed by atoms with van der Waals surface area (Å²) in [7, 11) is 2.13. The van der Waals surface area contributed by atoms with Crippen LogP contribution in [0, 0.1) is 0 Å². The van der Waals surface area contributed by atoms with Gasteiger partial charge in [0.2, 0.25) is 0 Å². The number of aliphatic hydroxyl groups excluding tert-OH is 1. The Balaban J connectivity index is 1.59. The fraction of sp³-hybridized carbons (Fsp3) is 0.647. The van der Waals surface area contributed by atoms with E-state index in [0.29, 0.717) is 0 Å². The van der Waals surface area contributed by atoms with Crippen LogP contribution in [0.15, 0.2) is 30.3 Å². The van der Waals surface area contributed by atoms with Gasteiger partial charge in [-0.15, -0.1) is 0 Å². The summed E-state index contributed by atoms with van der Waals surface area (Å²) >= 11 is 0. The number of hydrogen-bond donors (Lipinski definition) is 1. The largest absolute Gasteiger partial charge is 0.393 e. The van der Waals surface area contributed by atoms with Crippen molar-refractivity contribution in [1.82, 2.24) is 4.90 Å². The summed E-state index contributed by atoms with van der Waals surface area (Å²) < 4.78 is 6.36. The fourth-order valence-corrected chi connectivity index (χ4v) is 3.70. The molecule has 2 fully saturated rings. The maximum absolute atomic E-state index is 9.90. The molecule has 1 aliphatic heterocycles. The number of nitrogens with zero attached hydrogens (tertiary/aromatic N) is 1. The highest BCUT2D eigenvalue weighted by Crippen LogP contribution is 2.42. The van der Waals surface area contributed by atoms with Crippen LogP contribution in [0.25, 0.3) is 0 Å². The highest BCUT2D eigenvalue weighted by atomic mass is 16.5. The molecule has 1 aliphatic carbocycles. The van der Waals surface area contributed by atoms with E-state index in [9.17, 15) is 5.11 Å². The topological polar surface area (TPSA) is 32.7 Å². The summed E-state index contributed by atoms with van der Waals surface area (Å²) in [5.74, 6) is 0. The molecule has 0 radical (unpaired) electrons. The predicted molar refractivity (Wildman–Crippen MR) is 79.2 cm³/mol. The number of hydrogen-bond acceptors (Lipinski definition) is 3. The van der Waals surface area contributed by atoms with Crippen molar-refractivity contribution < 1.29 is 9.84 Å². The van der Waals surface area contributed by atoms with E-state index in [1.165, 1.54) is 5.56 Å². The Morgan fingerprint density at radius 1 is 1.25 bits per heavy atom. The summed E-state index contributed by atoms with van der Waals surface area (Å²) in [5.41, 5.74) is 1.27. The molecule has 3 rings (SSSR count). The summed E-state index contributed by atoms with van der Waals surface area (Å²) in [6.45, 7) is 0.921. The van der Waals surface area contributed by atoms with Gasteiger partial charge in [0.15, 0.2) is 0 Å². The van der Waals surface area contributed by atoms with Crippen molar-refractivity contribution in [3.05, 3.63) is 35.9 Å². The van der Waals surface area contributed by atoms with Gasteiger partial charge in [-0.1, -0.05) is 30.3 Å². The molecule has 2 aliphatic rings. The van der Waals surface area contributed by atoms with E-state index in [4.69, 9.17) is 4.74 Å². The first-order valence-electron chi connectivity index (χ1n) is 7.77. The lowest BCUT2D eigenvalue weighted by atomic mass is 9.81. The molecule has 1 aromatic rings. The molecular formula is C17H25NO2. The standard InChI is InChI=1S/C17H25NO2/c1-18(13-14-6-3-2-4-7-14)16-9-11-17(20-16)10-5-8-15(19)12-17/h2-4,6-7,15-16,19H,5,8-13H2,1H3. The highest BCUT2D eigenvalue weighted by Gasteiger charge is 2.44. The van der Waals surface area contributed by atoms with Crippen LogP contribution >= 0.6 is 0 Å². The Hall–Kier alpha value is -0.900. The first kappa shape index (κ1) is 14.1. The van der Waals surface area contributed by atoms with Crippen molar-refractivity contribution >= 4 is 0 Å².